The minimum Gasteiger partial charge on any atom is -0.491 e. The molecule has 0 aliphatic carbocycles. The van der Waals surface area contributed by atoms with E-state index in [9.17, 15) is 10.1 Å². The summed E-state index contributed by atoms with van der Waals surface area (Å²) >= 11 is 6.21. The highest BCUT2D eigenvalue weighted by Crippen LogP contribution is 2.36. The maximum absolute atomic E-state index is 12.1. The van der Waals surface area contributed by atoms with Crippen molar-refractivity contribution >= 4 is 29.2 Å². The zero-order valence-electron chi connectivity index (χ0n) is 16.0. The molecule has 0 radical (unpaired) electrons. The first-order chi connectivity index (χ1) is 14.1. The molecule has 0 spiro atoms. The Kier molecular flexibility index (Phi) is 6.43. The van der Waals surface area contributed by atoms with Gasteiger partial charge >= 0.3 is 5.97 Å². The lowest BCUT2D eigenvalue weighted by Crippen LogP contribution is -2.01. The molecule has 0 aliphatic rings. The number of rotatable bonds is 7. The van der Waals surface area contributed by atoms with E-state index < -0.39 is 5.97 Å². The van der Waals surface area contributed by atoms with Crippen molar-refractivity contribution in [3.8, 4) is 17.6 Å². The Hall–Kier alpha value is -3.43. The number of pyridine rings is 1. The van der Waals surface area contributed by atoms with Crippen LogP contribution in [0.5, 0.6) is 11.5 Å². The summed E-state index contributed by atoms with van der Waals surface area (Å²) in [5, 5.41) is 9.79. The number of methoxy groups -OCH3 is 1. The third-order valence-electron chi connectivity index (χ3n) is 4.19. The van der Waals surface area contributed by atoms with Gasteiger partial charge in [-0.15, -0.1) is 0 Å². The summed E-state index contributed by atoms with van der Waals surface area (Å²) in [7, 11) is 1.51. The predicted molar refractivity (Wildman–Crippen MR) is 110 cm³/mol. The van der Waals surface area contributed by atoms with Crippen molar-refractivity contribution in [1.29, 1.82) is 5.26 Å². The molecule has 0 saturated heterocycles. The van der Waals surface area contributed by atoms with Crippen molar-refractivity contribution in [2.45, 2.75) is 13.5 Å². The number of fused-ring (bicyclic) bond motifs is 1. The van der Waals surface area contributed by atoms with E-state index in [1.54, 1.807) is 24.4 Å². The number of esters is 1. The van der Waals surface area contributed by atoms with E-state index in [0.717, 1.165) is 5.52 Å². The van der Waals surface area contributed by atoms with Crippen LogP contribution >= 0.6 is 11.6 Å². The molecule has 0 unspecified atom stereocenters. The minimum atomic E-state index is -0.533. The van der Waals surface area contributed by atoms with Crippen LogP contribution in [0.3, 0.4) is 0 Å². The predicted octanol–water partition coefficient (Wildman–Crippen LogP) is 4.63. The van der Waals surface area contributed by atoms with Crippen LogP contribution in [0.25, 0.3) is 11.6 Å². The monoisotopic (exact) mass is 410 g/mol. The summed E-state index contributed by atoms with van der Waals surface area (Å²) in [6.07, 6.45) is 6.50. The molecular formula is C22H19ClN2O4. The van der Waals surface area contributed by atoms with E-state index in [-0.39, 0.29) is 6.61 Å². The lowest BCUT2D eigenvalue weighted by atomic mass is 10.2. The number of carbonyl (C=O) groups excluding carboxylic acids is 1. The first-order valence-corrected chi connectivity index (χ1v) is 9.29. The van der Waals surface area contributed by atoms with E-state index in [0.29, 0.717) is 39.8 Å². The van der Waals surface area contributed by atoms with Gasteiger partial charge < -0.3 is 18.6 Å². The molecule has 148 valence electrons. The first-order valence-electron chi connectivity index (χ1n) is 8.91. The Labute approximate surface area is 173 Å². The normalized spacial score (nSPS) is 10.8. The molecule has 0 atom stereocenters. The maximum Gasteiger partial charge on any atom is 0.331 e. The lowest BCUT2D eigenvalue weighted by molar-refractivity contribution is -0.138. The minimum absolute atomic E-state index is 0.00130. The van der Waals surface area contributed by atoms with Gasteiger partial charge in [0.25, 0.3) is 0 Å². The van der Waals surface area contributed by atoms with Crippen molar-refractivity contribution < 1.29 is 19.0 Å². The first kappa shape index (κ1) is 20.3. The Morgan fingerprint density at radius 2 is 2.17 bits per heavy atom. The van der Waals surface area contributed by atoms with Crippen molar-refractivity contribution in [1.82, 2.24) is 4.40 Å². The van der Waals surface area contributed by atoms with Gasteiger partial charge in [-0.05, 0) is 42.8 Å². The Morgan fingerprint density at radius 3 is 2.90 bits per heavy atom. The third-order valence-corrected chi connectivity index (χ3v) is 4.47. The van der Waals surface area contributed by atoms with E-state index in [2.05, 4.69) is 6.07 Å². The topological polar surface area (TPSA) is 73.0 Å². The molecular weight excluding hydrogens is 392 g/mol. The summed E-state index contributed by atoms with van der Waals surface area (Å²) in [6, 6.07) is 11.1. The number of hydrogen-bond donors (Lipinski definition) is 0. The van der Waals surface area contributed by atoms with Crippen LogP contribution in [0.4, 0.5) is 0 Å². The molecule has 3 aromatic rings. The van der Waals surface area contributed by atoms with Gasteiger partial charge in [0.1, 0.15) is 12.7 Å². The van der Waals surface area contributed by atoms with Gasteiger partial charge in [0, 0.05) is 24.0 Å². The molecule has 2 heterocycles. The van der Waals surface area contributed by atoms with E-state index in [1.165, 1.54) is 13.2 Å². The highest BCUT2D eigenvalue weighted by molar-refractivity contribution is 6.32. The van der Waals surface area contributed by atoms with Crippen molar-refractivity contribution in [3.63, 3.8) is 0 Å². The number of carbonyl (C=O) groups is 1. The SMILES string of the molecule is CCOc1cc(C=CC(=O)OCc2cn3ccccc3c2C#N)cc(Cl)c1OC. The number of halogens is 1. The zero-order chi connectivity index (χ0) is 20.8. The molecule has 0 bridgehead atoms. The highest BCUT2D eigenvalue weighted by atomic mass is 35.5. The summed E-state index contributed by atoms with van der Waals surface area (Å²) in [4.78, 5) is 12.1. The van der Waals surface area contributed by atoms with Crippen molar-refractivity contribution in [2.75, 3.05) is 13.7 Å². The number of nitriles is 1. The molecule has 0 amide bonds. The average Bonchev–Trinajstić information content (AvgIpc) is 3.08. The molecule has 0 N–H and O–H groups in total. The van der Waals surface area contributed by atoms with Crippen LogP contribution < -0.4 is 9.47 Å². The fourth-order valence-corrected chi connectivity index (χ4v) is 3.22. The smallest absolute Gasteiger partial charge is 0.331 e. The molecule has 0 saturated carbocycles. The molecule has 29 heavy (non-hydrogen) atoms. The largest absolute Gasteiger partial charge is 0.491 e. The van der Waals surface area contributed by atoms with Gasteiger partial charge in [-0.2, -0.15) is 5.26 Å². The van der Waals surface area contributed by atoms with Crippen LogP contribution in [-0.2, 0) is 16.1 Å². The van der Waals surface area contributed by atoms with Crippen molar-refractivity contribution in [2.24, 2.45) is 0 Å². The van der Waals surface area contributed by atoms with Gasteiger partial charge in [0.2, 0.25) is 0 Å². The van der Waals surface area contributed by atoms with Gasteiger partial charge in [-0.25, -0.2) is 4.79 Å². The number of benzene rings is 1. The second kappa shape index (κ2) is 9.18. The fraction of sp³-hybridized carbons (Fsp3) is 0.182. The second-order valence-electron chi connectivity index (χ2n) is 6.04. The van der Waals surface area contributed by atoms with Crippen molar-refractivity contribution in [3.05, 3.63) is 70.5 Å². The quantitative estimate of drug-likeness (QED) is 0.419. The van der Waals surface area contributed by atoms with E-state index >= 15 is 0 Å². The fourth-order valence-electron chi connectivity index (χ4n) is 2.92. The van der Waals surface area contributed by atoms with Crippen LogP contribution in [-0.4, -0.2) is 24.1 Å². The lowest BCUT2D eigenvalue weighted by Gasteiger charge is -2.11. The van der Waals surface area contributed by atoms with E-state index in [4.69, 9.17) is 25.8 Å². The number of aromatic nitrogens is 1. The Morgan fingerprint density at radius 1 is 1.34 bits per heavy atom. The summed E-state index contributed by atoms with van der Waals surface area (Å²) in [5.74, 6) is 0.404. The van der Waals surface area contributed by atoms with Gasteiger partial charge in [-0.1, -0.05) is 17.7 Å². The van der Waals surface area contributed by atoms with Crippen LogP contribution in [0.2, 0.25) is 5.02 Å². The number of hydrogen-bond acceptors (Lipinski definition) is 5. The summed E-state index contributed by atoms with van der Waals surface area (Å²) in [5.41, 5.74) is 2.58. The number of nitrogens with zero attached hydrogens (tertiary/aromatic N) is 2. The van der Waals surface area contributed by atoms with Gasteiger partial charge in [-0.3, -0.25) is 0 Å². The summed E-state index contributed by atoms with van der Waals surface area (Å²) in [6.45, 7) is 2.31. The van der Waals surface area contributed by atoms with Gasteiger partial charge in [0.15, 0.2) is 11.5 Å². The number of ether oxygens (including phenoxy) is 3. The van der Waals surface area contributed by atoms with Crippen LogP contribution in [0.15, 0.2) is 48.8 Å². The van der Waals surface area contributed by atoms with Gasteiger partial charge in [0.05, 0.1) is 29.8 Å². The molecule has 7 heteroatoms. The molecule has 0 fully saturated rings. The molecule has 6 nitrogen and oxygen atoms in total. The Bertz CT molecular complexity index is 1110. The van der Waals surface area contributed by atoms with Crippen LogP contribution in [0.1, 0.15) is 23.6 Å². The highest BCUT2D eigenvalue weighted by Gasteiger charge is 2.12. The Balaban J connectivity index is 1.72. The molecule has 2 aromatic heterocycles. The molecule has 3 rings (SSSR count). The van der Waals surface area contributed by atoms with Crippen LogP contribution in [0, 0.1) is 11.3 Å². The second-order valence-corrected chi connectivity index (χ2v) is 6.45. The van der Waals surface area contributed by atoms with E-state index in [1.807, 2.05) is 35.7 Å². The summed E-state index contributed by atoms with van der Waals surface area (Å²) < 4.78 is 17.9. The molecule has 0 aliphatic heterocycles. The average molecular weight is 411 g/mol. The maximum atomic E-state index is 12.1. The standard InChI is InChI=1S/C22H19ClN2O4/c1-3-28-20-11-15(10-18(23)22(20)27-2)7-8-21(26)29-14-16-13-25-9-5-4-6-19(25)17(16)12-24/h4-11,13H,3,14H2,1-2H3. The zero-order valence-corrected chi connectivity index (χ0v) is 16.8. The molecule has 1 aromatic carbocycles. The third kappa shape index (κ3) is 4.53.